The van der Waals surface area contributed by atoms with E-state index in [1.165, 1.54) is 12.8 Å². The van der Waals surface area contributed by atoms with Crippen LogP contribution in [-0.2, 0) is 0 Å². The minimum atomic E-state index is 0.277. The lowest BCUT2D eigenvalue weighted by molar-refractivity contribution is 0.546. The summed E-state index contributed by atoms with van der Waals surface area (Å²) in [5.74, 6) is 0. The highest BCUT2D eigenvalue weighted by molar-refractivity contribution is 7.80. The van der Waals surface area contributed by atoms with E-state index in [9.17, 15) is 0 Å². The molecule has 0 aromatic rings. The van der Waals surface area contributed by atoms with Crippen LogP contribution < -0.4 is 0 Å². The monoisotopic (exact) mass is 223 g/mol. The van der Waals surface area contributed by atoms with E-state index in [0.29, 0.717) is 0 Å². The molecule has 1 fully saturated rings. The van der Waals surface area contributed by atoms with Gasteiger partial charge >= 0.3 is 0 Å². The van der Waals surface area contributed by atoms with Crippen molar-refractivity contribution in [2.45, 2.75) is 25.7 Å². The van der Waals surface area contributed by atoms with E-state index in [0.717, 1.165) is 24.4 Å². The Hall–Kier alpha value is 0.210. The summed E-state index contributed by atoms with van der Waals surface area (Å²) in [6, 6.07) is 0. The molecule has 1 nitrogen and oxygen atoms in total. The van der Waals surface area contributed by atoms with Crippen molar-refractivity contribution in [2.75, 3.05) is 6.54 Å². The Morgan fingerprint density at radius 2 is 2.08 bits per heavy atom. The van der Waals surface area contributed by atoms with Crippen LogP contribution in [0.25, 0.3) is 0 Å². The summed E-state index contributed by atoms with van der Waals surface area (Å²) >= 11 is 16.3. The molecule has 0 N–H and O–H groups in total. The molecule has 0 unspecified atom stereocenters. The Balaban J connectivity index is 2.59. The first-order valence-corrected chi connectivity index (χ1v) is 5.19. The maximum atomic E-state index is 5.55. The van der Waals surface area contributed by atoms with Crippen LogP contribution in [0.2, 0.25) is 0 Å². The number of hydrogen-bond donors (Lipinski definition) is 0. The summed E-state index contributed by atoms with van der Waals surface area (Å²) in [5.41, 5.74) is 0. The molecule has 1 saturated heterocycles. The van der Waals surface area contributed by atoms with E-state index in [-0.39, 0.29) is 4.49 Å². The van der Waals surface area contributed by atoms with Gasteiger partial charge in [0.25, 0.3) is 0 Å². The number of hydrogen-bond acceptors (Lipinski definition) is 1. The molecular weight excluding hydrogens is 213 g/mol. The molecule has 0 radical (unpaired) electrons. The van der Waals surface area contributed by atoms with Crippen LogP contribution >= 0.6 is 35.4 Å². The van der Waals surface area contributed by atoms with Gasteiger partial charge in [-0.05, 0) is 19.3 Å². The molecule has 0 aliphatic carbocycles. The molecule has 68 valence electrons. The Kier molecular flexibility index (Phi) is 4.33. The Morgan fingerprint density at radius 1 is 1.33 bits per heavy atom. The largest absolute Gasteiger partial charge is 0.340 e. The molecule has 0 aromatic carbocycles. The van der Waals surface area contributed by atoms with Gasteiger partial charge < -0.3 is 4.90 Å². The zero-order valence-corrected chi connectivity index (χ0v) is 9.05. The molecule has 0 atom stereocenters. The predicted octanol–water partition coefficient (Wildman–Crippen LogP) is 3.47. The lowest BCUT2D eigenvalue weighted by atomic mass is 10.2. The molecule has 0 saturated carbocycles. The van der Waals surface area contributed by atoms with Gasteiger partial charge in [0.2, 0.25) is 0 Å². The summed E-state index contributed by atoms with van der Waals surface area (Å²) in [4.78, 5) is 2.92. The summed E-state index contributed by atoms with van der Waals surface area (Å²) in [7, 11) is 0. The molecule has 1 aliphatic rings. The van der Waals surface area contributed by atoms with Gasteiger partial charge in [-0.3, -0.25) is 0 Å². The number of nitrogens with zero attached hydrogens (tertiary/aromatic N) is 1. The van der Waals surface area contributed by atoms with Gasteiger partial charge in [-0.15, -0.1) is 0 Å². The minimum Gasteiger partial charge on any atom is -0.340 e. The van der Waals surface area contributed by atoms with E-state index in [1.54, 1.807) is 6.20 Å². The minimum absolute atomic E-state index is 0.277. The van der Waals surface area contributed by atoms with E-state index in [1.807, 2.05) is 4.90 Å². The van der Waals surface area contributed by atoms with Gasteiger partial charge in [-0.1, -0.05) is 41.8 Å². The SMILES string of the molecule is S=C1CCCCCN1C=C(Cl)Cl. The zero-order valence-electron chi connectivity index (χ0n) is 6.72. The normalized spacial score (nSPS) is 18.8. The van der Waals surface area contributed by atoms with Gasteiger partial charge in [-0.2, -0.15) is 0 Å². The Morgan fingerprint density at radius 3 is 2.75 bits per heavy atom. The Labute approximate surface area is 88.3 Å². The summed E-state index contributed by atoms with van der Waals surface area (Å²) in [5, 5.41) is 0. The predicted molar refractivity (Wildman–Crippen MR) is 57.6 cm³/mol. The third-order valence-corrected chi connectivity index (χ3v) is 2.50. The van der Waals surface area contributed by atoms with Gasteiger partial charge in [0.15, 0.2) is 0 Å². The maximum absolute atomic E-state index is 5.55. The van der Waals surface area contributed by atoms with Crippen molar-refractivity contribution in [3.8, 4) is 0 Å². The first kappa shape index (κ1) is 10.3. The molecule has 0 aromatic heterocycles. The first-order valence-electron chi connectivity index (χ1n) is 4.02. The quantitative estimate of drug-likeness (QED) is 0.627. The fourth-order valence-electron chi connectivity index (χ4n) is 1.26. The van der Waals surface area contributed by atoms with Gasteiger partial charge in [0, 0.05) is 12.7 Å². The molecule has 0 bridgehead atoms. The lowest BCUT2D eigenvalue weighted by Crippen LogP contribution is -2.22. The zero-order chi connectivity index (χ0) is 8.97. The molecule has 1 rings (SSSR count). The number of likely N-dealkylation sites (tertiary alicyclic amines) is 1. The molecule has 1 aliphatic heterocycles. The van der Waals surface area contributed by atoms with E-state index in [2.05, 4.69) is 0 Å². The number of rotatable bonds is 1. The molecule has 4 heteroatoms. The van der Waals surface area contributed by atoms with Crippen LogP contribution in [0.3, 0.4) is 0 Å². The highest BCUT2D eigenvalue weighted by Gasteiger charge is 2.10. The molecule has 0 amide bonds. The molecule has 0 spiro atoms. The van der Waals surface area contributed by atoms with Crippen LogP contribution in [0.15, 0.2) is 10.7 Å². The summed E-state index contributed by atoms with van der Waals surface area (Å²) in [6.45, 7) is 0.946. The van der Waals surface area contributed by atoms with E-state index >= 15 is 0 Å². The van der Waals surface area contributed by atoms with Gasteiger partial charge in [-0.25, -0.2) is 0 Å². The second-order valence-electron chi connectivity index (χ2n) is 2.82. The Bertz CT molecular complexity index is 199. The lowest BCUT2D eigenvalue weighted by Gasteiger charge is -2.17. The van der Waals surface area contributed by atoms with Crippen molar-refractivity contribution in [1.29, 1.82) is 0 Å². The second kappa shape index (κ2) is 5.05. The van der Waals surface area contributed by atoms with Crippen molar-refractivity contribution >= 4 is 40.4 Å². The van der Waals surface area contributed by atoms with Crippen LogP contribution in [0.5, 0.6) is 0 Å². The van der Waals surface area contributed by atoms with E-state index in [4.69, 9.17) is 35.4 Å². The maximum Gasteiger partial charge on any atom is 0.123 e. The van der Waals surface area contributed by atoms with Crippen molar-refractivity contribution < 1.29 is 0 Å². The van der Waals surface area contributed by atoms with Crippen LogP contribution in [0.4, 0.5) is 0 Å². The van der Waals surface area contributed by atoms with Crippen LogP contribution in [-0.4, -0.2) is 16.4 Å². The topological polar surface area (TPSA) is 3.24 Å². The average molecular weight is 224 g/mol. The fraction of sp³-hybridized carbons (Fsp3) is 0.625. The highest BCUT2D eigenvalue weighted by atomic mass is 35.5. The standard InChI is InChI=1S/C8H11Cl2NS/c9-7(10)6-11-5-3-1-2-4-8(11)12/h6H,1-5H2. The second-order valence-corrected chi connectivity index (χ2v) is 4.30. The smallest absolute Gasteiger partial charge is 0.123 e. The summed E-state index contributed by atoms with van der Waals surface area (Å²) < 4.78 is 0.277. The molecular formula is C8H11Cl2NS. The van der Waals surface area contributed by atoms with Crippen molar-refractivity contribution in [3.05, 3.63) is 10.7 Å². The fourth-order valence-corrected chi connectivity index (χ4v) is 1.78. The van der Waals surface area contributed by atoms with Crippen LogP contribution in [0.1, 0.15) is 25.7 Å². The van der Waals surface area contributed by atoms with Crippen LogP contribution in [0, 0.1) is 0 Å². The number of thiocarbonyl (C=S) groups is 1. The van der Waals surface area contributed by atoms with Gasteiger partial charge in [0.05, 0.1) is 4.99 Å². The number of halogens is 2. The van der Waals surface area contributed by atoms with Crippen molar-refractivity contribution in [2.24, 2.45) is 0 Å². The van der Waals surface area contributed by atoms with E-state index < -0.39 is 0 Å². The van der Waals surface area contributed by atoms with Crippen molar-refractivity contribution in [1.82, 2.24) is 4.90 Å². The molecule has 1 heterocycles. The van der Waals surface area contributed by atoms with Crippen molar-refractivity contribution in [3.63, 3.8) is 0 Å². The first-order chi connectivity index (χ1) is 5.70. The average Bonchev–Trinajstić information content (AvgIpc) is 2.16. The third-order valence-electron chi connectivity index (χ3n) is 1.86. The third kappa shape index (κ3) is 3.30. The van der Waals surface area contributed by atoms with Gasteiger partial charge in [0.1, 0.15) is 4.49 Å². The summed E-state index contributed by atoms with van der Waals surface area (Å²) in [6.07, 6.45) is 6.27. The highest BCUT2D eigenvalue weighted by Crippen LogP contribution is 2.16. The molecule has 12 heavy (non-hydrogen) atoms.